The third kappa shape index (κ3) is 5.55. The van der Waals surface area contributed by atoms with Gasteiger partial charge in [0, 0.05) is 23.2 Å². The molecule has 1 fully saturated rings. The van der Waals surface area contributed by atoms with E-state index in [9.17, 15) is 9.59 Å². The third-order valence-corrected chi connectivity index (χ3v) is 5.84. The van der Waals surface area contributed by atoms with Gasteiger partial charge in [0.05, 0.1) is 12.6 Å². The minimum atomic E-state index is -0.321. The fraction of sp³-hybridized carbons (Fsp3) is 0.600. The van der Waals surface area contributed by atoms with Gasteiger partial charge in [0.15, 0.2) is 0 Å². The first-order valence-electron chi connectivity index (χ1n) is 9.32. The molecule has 0 saturated heterocycles. The summed E-state index contributed by atoms with van der Waals surface area (Å²) < 4.78 is 0.982. The largest absolute Gasteiger partial charge is 0.341 e. The fourth-order valence-electron chi connectivity index (χ4n) is 3.45. The van der Waals surface area contributed by atoms with E-state index in [1.54, 1.807) is 0 Å². The highest BCUT2D eigenvalue weighted by atomic mass is 79.9. The average molecular weight is 424 g/mol. The molecule has 0 aliphatic heterocycles. The molecule has 5 nitrogen and oxygen atoms in total. The van der Waals surface area contributed by atoms with Gasteiger partial charge in [-0.3, -0.25) is 14.5 Å². The molecule has 0 bridgehead atoms. The molecular weight excluding hydrogens is 394 g/mol. The van der Waals surface area contributed by atoms with Gasteiger partial charge in [0.25, 0.3) is 0 Å². The van der Waals surface area contributed by atoms with Gasteiger partial charge in [-0.1, -0.05) is 35.2 Å². The second kappa shape index (κ2) is 9.51. The number of aryl methyl sites for hydroxylation is 1. The Balaban J connectivity index is 1.89. The molecule has 26 heavy (non-hydrogen) atoms. The number of anilines is 1. The summed E-state index contributed by atoms with van der Waals surface area (Å²) in [5.41, 5.74) is 1.79. The van der Waals surface area contributed by atoms with E-state index >= 15 is 0 Å². The van der Waals surface area contributed by atoms with Crippen molar-refractivity contribution < 1.29 is 9.59 Å². The predicted octanol–water partition coefficient (Wildman–Crippen LogP) is 3.81. The molecule has 0 heterocycles. The van der Waals surface area contributed by atoms with Crippen molar-refractivity contribution in [2.45, 2.75) is 58.0 Å². The van der Waals surface area contributed by atoms with Crippen LogP contribution < -0.4 is 5.32 Å². The van der Waals surface area contributed by atoms with Crippen molar-refractivity contribution in [1.29, 1.82) is 0 Å². The molecule has 6 heteroatoms. The molecule has 0 spiro atoms. The summed E-state index contributed by atoms with van der Waals surface area (Å²) in [6.07, 6.45) is 5.83. The van der Waals surface area contributed by atoms with Gasteiger partial charge in [-0.25, -0.2) is 0 Å². The molecule has 0 aromatic heterocycles. The van der Waals surface area contributed by atoms with Crippen LogP contribution in [0.1, 0.15) is 44.6 Å². The molecule has 1 N–H and O–H groups in total. The fourth-order valence-corrected chi connectivity index (χ4v) is 3.93. The van der Waals surface area contributed by atoms with Crippen molar-refractivity contribution >= 4 is 33.4 Å². The predicted molar refractivity (Wildman–Crippen MR) is 109 cm³/mol. The molecule has 0 radical (unpaired) electrons. The molecule has 1 atom stereocenters. The van der Waals surface area contributed by atoms with Gasteiger partial charge >= 0.3 is 0 Å². The first kappa shape index (κ1) is 20.9. The summed E-state index contributed by atoms with van der Waals surface area (Å²) in [6.45, 7) is 4.01. The summed E-state index contributed by atoms with van der Waals surface area (Å²) in [5.74, 6) is -0.0232. The van der Waals surface area contributed by atoms with Crippen LogP contribution in [0.2, 0.25) is 0 Å². The quantitative estimate of drug-likeness (QED) is 0.756. The van der Waals surface area contributed by atoms with Gasteiger partial charge in [-0.15, -0.1) is 0 Å². The Kier molecular flexibility index (Phi) is 7.65. The first-order chi connectivity index (χ1) is 12.3. The van der Waals surface area contributed by atoms with Crippen LogP contribution in [0.4, 0.5) is 5.69 Å². The van der Waals surface area contributed by atoms with Crippen LogP contribution in [0.15, 0.2) is 22.7 Å². The number of rotatable bonds is 6. The summed E-state index contributed by atoms with van der Waals surface area (Å²) in [6, 6.07) is 5.76. The van der Waals surface area contributed by atoms with E-state index < -0.39 is 0 Å². The number of nitrogens with zero attached hydrogens (tertiary/aromatic N) is 2. The van der Waals surface area contributed by atoms with Crippen molar-refractivity contribution in [1.82, 2.24) is 9.80 Å². The van der Waals surface area contributed by atoms with Gasteiger partial charge in [0.2, 0.25) is 11.8 Å². The SMILES string of the molecule is Cc1cc(Br)ccc1NC(=O)CN(C)C(C)C(=O)N(C)C1CCCCC1. The Labute approximate surface area is 165 Å². The van der Waals surface area contributed by atoms with Crippen molar-refractivity contribution in [3.63, 3.8) is 0 Å². The molecule has 1 aromatic carbocycles. The van der Waals surface area contributed by atoms with Crippen LogP contribution in [0, 0.1) is 6.92 Å². The average Bonchev–Trinajstić information content (AvgIpc) is 2.62. The van der Waals surface area contributed by atoms with Crippen molar-refractivity contribution in [3.8, 4) is 0 Å². The third-order valence-electron chi connectivity index (χ3n) is 5.34. The lowest BCUT2D eigenvalue weighted by Gasteiger charge is -2.35. The van der Waals surface area contributed by atoms with E-state index in [2.05, 4.69) is 21.2 Å². The number of likely N-dealkylation sites (N-methyl/N-ethyl adjacent to an activating group) is 2. The molecule has 2 amide bonds. The molecule has 1 aliphatic carbocycles. The lowest BCUT2D eigenvalue weighted by molar-refractivity contribution is -0.137. The minimum absolute atomic E-state index is 0.0898. The number of benzene rings is 1. The van der Waals surface area contributed by atoms with E-state index in [0.29, 0.717) is 6.04 Å². The van der Waals surface area contributed by atoms with Gasteiger partial charge in [0.1, 0.15) is 0 Å². The first-order valence-corrected chi connectivity index (χ1v) is 10.1. The number of carbonyl (C=O) groups excluding carboxylic acids is 2. The van der Waals surface area contributed by atoms with Gasteiger partial charge in [-0.05, 0) is 57.5 Å². The second-order valence-electron chi connectivity index (χ2n) is 7.34. The molecular formula is C20H30BrN3O2. The highest BCUT2D eigenvalue weighted by Gasteiger charge is 2.28. The number of halogens is 1. The maximum absolute atomic E-state index is 12.8. The Bertz CT molecular complexity index is 644. The molecule has 1 unspecified atom stereocenters. The van der Waals surface area contributed by atoms with Crippen LogP contribution in [0.25, 0.3) is 0 Å². The molecule has 1 saturated carbocycles. The van der Waals surface area contributed by atoms with Crippen LogP contribution in [0.5, 0.6) is 0 Å². The van der Waals surface area contributed by atoms with E-state index in [4.69, 9.17) is 0 Å². The zero-order valence-electron chi connectivity index (χ0n) is 16.2. The monoisotopic (exact) mass is 423 g/mol. The zero-order valence-corrected chi connectivity index (χ0v) is 17.8. The summed E-state index contributed by atoms with van der Waals surface area (Å²) in [4.78, 5) is 28.8. The maximum Gasteiger partial charge on any atom is 0.239 e. The zero-order chi connectivity index (χ0) is 19.3. The van der Waals surface area contributed by atoms with E-state index in [0.717, 1.165) is 28.6 Å². The lowest BCUT2D eigenvalue weighted by atomic mass is 9.94. The lowest BCUT2D eigenvalue weighted by Crippen LogP contribution is -2.49. The van der Waals surface area contributed by atoms with Crippen LogP contribution in [-0.2, 0) is 9.59 Å². The number of nitrogens with one attached hydrogen (secondary N) is 1. The summed E-state index contributed by atoms with van der Waals surface area (Å²) in [5, 5.41) is 2.93. The summed E-state index contributed by atoms with van der Waals surface area (Å²) >= 11 is 3.42. The van der Waals surface area contributed by atoms with E-state index in [-0.39, 0.29) is 24.4 Å². The summed E-state index contributed by atoms with van der Waals surface area (Å²) in [7, 11) is 3.72. The van der Waals surface area contributed by atoms with Crippen LogP contribution in [-0.4, -0.2) is 54.3 Å². The Morgan fingerprint density at radius 2 is 1.88 bits per heavy atom. The number of amides is 2. The highest BCUT2D eigenvalue weighted by Crippen LogP contribution is 2.23. The molecule has 1 aliphatic rings. The maximum atomic E-state index is 12.8. The number of carbonyl (C=O) groups is 2. The highest BCUT2D eigenvalue weighted by molar-refractivity contribution is 9.10. The Hall–Kier alpha value is -1.40. The molecule has 1 aromatic rings. The Morgan fingerprint density at radius 3 is 2.50 bits per heavy atom. The van der Waals surface area contributed by atoms with Crippen LogP contribution >= 0.6 is 15.9 Å². The second-order valence-corrected chi connectivity index (χ2v) is 8.26. The topological polar surface area (TPSA) is 52.7 Å². The van der Waals surface area contributed by atoms with Crippen molar-refractivity contribution in [2.24, 2.45) is 0 Å². The van der Waals surface area contributed by atoms with Crippen LogP contribution in [0.3, 0.4) is 0 Å². The smallest absolute Gasteiger partial charge is 0.239 e. The normalized spacial score (nSPS) is 16.4. The minimum Gasteiger partial charge on any atom is -0.341 e. The standard InChI is InChI=1S/C20H30BrN3O2/c1-14-12-16(21)10-11-18(14)22-19(25)13-23(3)15(2)20(26)24(4)17-8-6-5-7-9-17/h10-12,15,17H,5-9,13H2,1-4H3,(H,22,25). The number of hydrogen-bond donors (Lipinski definition) is 1. The number of hydrogen-bond acceptors (Lipinski definition) is 3. The van der Waals surface area contributed by atoms with Gasteiger partial charge in [-0.2, -0.15) is 0 Å². The Morgan fingerprint density at radius 1 is 1.23 bits per heavy atom. The molecule has 144 valence electrons. The van der Waals surface area contributed by atoms with Crippen molar-refractivity contribution in [3.05, 3.63) is 28.2 Å². The van der Waals surface area contributed by atoms with Crippen molar-refractivity contribution in [2.75, 3.05) is 26.0 Å². The molecule has 2 rings (SSSR count). The van der Waals surface area contributed by atoms with E-state index in [1.807, 2.05) is 55.9 Å². The van der Waals surface area contributed by atoms with E-state index in [1.165, 1.54) is 19.3 Å². The van der Waals surface area contributed by atoms with Gasteiger partial charge < -0.3 is 10.2 Å².